The Balaban J connectivity index is 1.99. The second-order valence-electron chi connectivity index (χ2n) is 4.55. The fraction of sp³-hybridized carbons (Fsp3) is 0.0667. The molecular weight excluding hydrogens is 278 g/mol. The van der Waals surface area contributed by atoms with Crippen molar-refractivity contribution in [2.75, 3.05) is 0 Å². The lowest BCUT2D eigenvalue weighted by molar-refractivity contribution is 0.432. The van der Waals surface area contributed by atoms with Crippen LogP contribution >= 0.6 is 0 Å². The maximum Gasteiger partial charge on any atom is 0.258 e. The Kier molecular flexibility index (Phi) is 3.13. The van der Waals surface area contributed by atoms with Gasteiger partial charge in [0, 0.05) is 11.1 Å². The van der Waals surface area contributed by atoms with Gasteiger partial charge in [-0.15, -0.1) is 0 Å². The van der Waals surface area contributed by atoms with Gasteiger partial charge < -0.3 is 9.63 Å². The Labute approximate surface area is 118 Å². The van der Waals surface area contributed by atoms with Crippen molar-refractivity contribution >= 4 is 0 Å². The van der Waals surface area contributed by atoms with Crippen molar-refractivity contribution in [1.29, 1.82) is 0 Å². The molecule has 0 aliphatic carbocycles. The van der Waals surface area contributed by atoms with Crippen LogP contribution in [0.3, 0.4) is 0 Å². The number of phenols is 1. The molecule has 0 radical (unpaired) electrons. The molecule has 1 N–H and O–H groups in total. The van der Waals surface area contributed by atoms with Gasteiger partial charge in [0.1, 0.15) is 5.75 Å². The lowest BCUT2D eigenvalue weighted by Crippen LogP contribution is -1.87. The van der Waals surface area contributed by atoms with Crippen LogP contribution in [-0.2, 0) is 0 Å². The van der Waals surface area contributed by atoms with Crippen molar-refractivity contribution in [1.82, 2.24) is 10.1 Å². The van der Waals surface area contributed by atoms with Crippen LogP contribution < -0.4 is 0 Å². The van der Waals surface area contributed by atoms with Crippen LogP contribution in [-0.4, -0.2) is 15.2 Å². The van der Waals surface area contributed by atoms with Crippen LogP contribution in [0.4, 0.5) is 8.78 Å². The normalized spacial score (nSPS) is 10.8. The molecule has 0 spiro atoms. The molecule has 1 aromatic heterocycles. The van der Waals surface area contributed by atoms with Crippen molar-refractivity contribution in [2.24, 2.45) is 0 Å². The largest absolute Gasteiger partial charge is 0.508 e. The molecule has 3 rings (SSSR count). The predicted octanol–water partition coefficient (Wildman–Crippen LogP) is 3.70. The van der Waals surface area contributed by atoms with Crippen LogP contribution in [0.1, 0.15) is 5.56 Å². The van der Waals surface area contributed by atoms with E-state index in [1.165, 1.54) is 12.1 Å². The van der Waals surface area contributed by atoms with E-state index >= 15 is 0 Å². The number of phenolic OH excluding ortho intramolecular Hbond substituents is 1. The number of aromatic nitrogens is 2. The van der Waals surface area contributed by atoms with E-state index in [0.29, 0.717) is 16.7 Å². The first-order valence-corrected chi connectivity index (χ1v) is 6.14. The Morgan fingerprint density at radius 2 is 1.76 bits per heavy atom. The Bertz CT molecular complexity index is 749. The lowest BCUT2D eigenvalue weighted by atomic mass is 10.1. The second kappa shape index (κ2) is 4.97. The van der Waals surface area contributed by atoms with E-state index < -0.39 is 11.6 Å². The highest BCUT2D eigenvalue weighted by molar-refractivity contribution is 5.61. The highest BCUT2D eigenvalue weighted by Gasteiger charge is 2.13. The average molecular weight is 288 g/mol. The summed E-state index contributed by atoms with van der Waals surface area (Å²) >= 11 is 0. The highest BCUT2D eigenvalue weighted by Crippen LogP contribution is 2.26. The molecule has 0 unspecified atom stereocenters. The highest BCUT2D eigenvalue weighted by atomic mass is 19.2. The number of rotatable bonds is 2. The molecule has 0 amide bonds. The quantitative estimate of drug-likeness (QED) is 0.781. The first kappa shape index (κ1) is 13.2. The van der Waals surface area contributed by atoms with E-state index in [0.717, 1.165) is 12.1 Å². The van der Waals surface area contributed by atoms with E-state index in [1.54, 1.807) is 19.1 Å². The van der Waals surface area contributed by atoms with E-state index in [2.05, 4.69) is 10.1 Å². The van der Waals surface area contributed by atoms with E-state index in [1.807, 2.05) is 0 Å². The van der Waals surface area contributed by atoms with Gasteiger partial charge in [-0.1, -0.05) is 5.16 Å². The molecule has 0 saturated heterocycles. The minimum atomic E-state index is -0.973. The van der Waals surface area contributed by atoms with Crippen molar-refractivity contribution in [3.63, 3.8) is 0 Å². The molecule has 2 aromatic carbocycles. The second-order valence-corrected chi connectivity index (χ2v) is 4.55. The fourth-order valence-corrected chi connectivity index (χ4v) is 1.88. The Hall–Kier alpha value is -2.76. The predicted molar refractivity (Wildman–Crippen MR) is 71.5 cm³/mol. The van der Waals surface area contributed by atoms with Gasteiger partial charge in [-0.2, -0.15) is 4.98 Å². The third-order valence-corrected chi connectivity index (χ3v) is 3.05. The van der Waals surface area contributed by atoms with Crippen molar-refractivity contribution < 1.29 is 18.4 Å². The molecule has 4 nitrogen and oxygen atoms in total. The molecule has 1 heterocycles. The summed E-state index contributed by atoms with van der Waals surface area (Å²) in [7, 11) is 0. The average Bonchev–Trinajstić information content (AvgIpc) is 2.94. The van der Waals surface area contributed by atoms with Gasteiger partial charge >= 0.3 is 0 Å². The first-order chi connectivity index (χ1) is 10.0. The molecule has 3 aromatic rings. The molecule has 21 heavy (non-hydrogen) atoms. The van der Waals surface area contributed by atoms with Crippen LogP contribution in [0, 0.1) is 18.6 Å². The number of aryl methyl sites for hydroxylation is 1. The minimum absolute atomic E-state index is 0.162. The van der Waals surface area contributed by atoms with Crippen molar-refractivity contribution in [3.8, 4) is 28.6 Å². The zero-order valence-electron chi connectivity index (χ0n) is 11.0. The minimum Gasteiger partial charge on any atom is -0.508 e. The number of benzene rings is 2. The third kappa shape index (κ3) is 2.47. The van der Waals surface area contributed by atoms with Crippen LogP contribution in [0.5, 0.6) is 5.75 Å². The molecule has 0 saturated carbocycles. The Morgan fingerprint density at radius 3 is 2.48 bits per heavy atom. The van der Waals surface area contributed by atoms with Gasteiger partial charge in [0.25, 0.3) is 5.89 Å². The lowest BCUT2D eigenvalue weighted by Gasteiger charge is -1.99. The summed E-state index contributed by atoms with van der Waals surface area (Å²) in [5.41, 5.74) is 1.62. The summed E-state index contributed by atoms with van der Waals surface area (Å²) in [6.45, 7) is 1.74. The van der Waals surface area contributed by atoms with Gasteiger partial charge in [-0.25, -0.2) is 8.78 Å². The van der Waals surface area contributed by atoms with E-state index in [9.17, 15) is 13.9 Å². The van der Waals surface area contributed by atoms with Crippen LogP contribution in [0.25, 0.3) is 22.8 Å². The number of hydrogen-bond donors (Lipinski definition) is 1. The van der Waals surface area contributed by atoms with Crippen molar-refractivity contribution in [2.45, 2.75) is 6.92 Å². The maximum atomic E-state index is 13.2. The number of halogens is 2. The molecule has 6 heteroatoms. The first-order valence-electron chi connectivity index (χ1n) is 6.14. The summed E-state index contributed by atoms with van der Waals surface area (Å²) in [6.07, 6.45) is 0. The zero-order chi connectivity index (χ0) is 15.0. The van der Waals surface area contributed by atoms with Gasteiger partial charge in [0.05, 0.1) is 0 Å². The topological polar surface area (TPSA) is 59.2 Å². The molecule has 0 aliphatic rings. The standard InChI is InChI=1S/C15H10F2N2O2/c1-8-6-10(3-5-13(8)20)15-18-14(19-21-15)9-2-4-11(16)12(17)7-9/h2-7,20H,1H3. The maximum absolute atomic E-state index is 13.2. The third-order valence-electron chi connectivity index (χ3n) is 3.05. The summed E-state index contributed by atoms with van der Waals surface area (Å²) in [4.78, 5) is 4.14. The molecule has 0 fully saturated rings. The number of hydrogen-bond acceptors (Lipinski definition) is 4. The summed E-state index contributed by atoms with van der Waals surface area (Å²) in [5, 5.41) is 13.2. The monoisotopic (exact) mass is 288 g/mol. The molecule has 0 aliphatic heterocycles. The summed E-state index contributed by atoms with van der Waals surface area (Å²) < 4.78 is 31.2. The zero-order valence-corrected chi connectivity index (χ0v) is 11.0. The summed E-state index contributed by atoms with van der Waals surface area (Å²) in [5.74, 6) is -1.34. The Morgan fingerprint density at radius 1 is 1.00 bits per heavy atom. The van der Waals surface area contributed by atoms with E-state index in [4.69, 9.17) is 4.52 Å². The van der Waals surface area contributed by atoms with Crippen molar-refractivity contribution in [3.05, 3.63) is 53.6 Å². The molecule has 106 valence electrons. The van der Waals surface area contributed by atoms with Crippen LogP contribution in [0.2, 0.25) is 0 Å². The molecule has 0 bridgehead atoms. The van der Waals surface area contributed by atoms with Gasteiger partial charge in [0.2, 0.25) is 5.82 Å². The van der Waals surface area contributed by atoms with Gasteiger partial charge in [-0.3, -0.25) is 0 Å². The fourth-order valence-electron chi connectivity index (χ4n) is 1.88. The van der Waals surface area contributed by atoms with E-state index in [-0.39, 0.29) is 17.5 Å². The number of nitrogens with zero attached hydrogens (tertiary/aromatic N) is 2. The van der Waals surface area contributed by atoms with Gasteiger partial charge in [0.15, 0.2) is 11.6 Å². The smallest absolute Gasteiger partial charge is 0.258 e. The van der Waals surface area contributed by atoms with Gasteiger partial charge in [-0.05, 0) is 48.9 Å². The summed E-state index contributed by atoms with van der Waals surface area (Å²) in [6, 6.07) is 8.22. The molecule has 0 atom stereocenters. The SMILES string of the molecule is Cc1cc(-c2nc(-c3ccc(F)c(F)c3)no2)ccc1O. The van der Waals surface area contributed by atoms with Crippen LogP contribution in [0.15, 0.2) is 40.9 Å². The molecular formula is C15H10F2N2O2. The number of aromatic hydroxyl groups is 1.